The molecule has 0 bridgehead atoms. The highest BCUT2D eigenvalue weighted by Gasteiger charge is 2.30. The Kier molecular flexibility index (Phi) is 2.27. The minimum atomic E-state index is -0.166. The highest BCUT2D eigenvalue weighted by Crippen LogP contribution is 2.35. The summed E-state index contributed by atoms with van der Waals surface area (Å²) < 4.78 is 0. The molecular weight excluding hydrogens is 226 g/mol. The number of ketones is 1. The van der Waals surface area contributed by atoms with Crippen molar-refractivity contribution in [2.45, 2.75) is 6.92 Å². The summed E-state index contributed by atoms with van der Waals surface area (Å²) in [6.45, 7) is 1.93. The second kappa shape index (κ2) is 3.81. The molecule has 0 radical (unpaired) electrons. The Bertz CT molecular complexity index is 686. The fourth-order valence-electron chi connectivity index (χ4n) is 2.18. The number of allylic oxidation sites excluding steroid dienone is 1. The summed E-state index contributed by atoms with van der Waals surface area (Å²) in [4.78, 5) is 16.4. The number of fused-ring (bicyclic) bond motifs is 1. The Morgan fingerprint density at radius 1 is 1.11 bits per heavy atom. The topological polar surface area (TPSA) is 50.2 Å². The molecule has 3 rings (SSSR count). The van der Waals surface area contributed by atoms with Gasteiger partial charge in [0.25, 0.3) is 0 Å². The molecular formula is C15H11NO2. The third-order valence-electron chi connectivity index (χ3n) is 3.06. The zero-order valence-electron chi connectivity index (χ0n) is 9.84. The van der Waals surface area contributed by atoms with Gasteiger partial charge in [0.2, 0.25) is 0 Å². The van der Waals surface area contributed by atoms with Crippen LogP contribution in [0.15, 0.2) is 42.6 Å². The maximum Gasteiger partial charge on any atom is 0.199 e. The number of carbonyl (C=O) groups excluding carboxylic acids is 1. The van der Waals surface area contributed by atoms with E-state index in [-0.39, 0.29) is 11.5 Å². The standard InChI is InChI=1S/C15H11NO2/c1-9-6-7-16-12(8-9)13-14(17)10-4-2-3-5-11(10)15(13)18/h2-8,17H,1H3. The average molecular weight is 237 g/mol. The number of pyridine rings is 1. The van der Waals surface area contributed by atoms with Crippen LogP contribution in [0.3, 0.4) is 0 Å². The summed E-state index contributed by atoms with van der Waals surface area (Å²) >= 11 is 0. The molecule has 0 amide bonds. The molecule has 1 aromatic carbocycles. The first-order valence-electron chi connectivity index (χ1n) is 5.69. The first-order valence-corrected chi connectivity index (χ1v) is 5.69. The van der Waals surface area contributed by atoms with E-state index in [1.807, 2.05) is 13.0 Å². The summed E-state index contributed by atoms with van der Waals surface area (Å²) in [5, 5.41) is 10.2. The molecule has 1 N–H and O–H groups in total. The van der Waals surface area contributed by atoms with Gasteiger partial charge in [0.15, 0.2) is 5.78 Å². The van der Waals surface area contributed by atoms with Crippen LogP contribution >= 0.6 is 0 Å². The van der Waals surface area contributed by atoms with Gasteiger partial charge in [-0.1, -0.05) is 24.3 Å². The molecule has 0 atom stereocenters. The lowest BCUT2D eigenvalue weighted by atomic mass is 10.1. The van der Waals surface area contributed by atoms with Crippen LogP contribution in [0.4, 0.5) is 0 Å². The largest absolute Gasteiger partial charge is 0.506 e. The van der Waals surface area contributed by atoms with E-state index in [4.69, 9.17) is 0 Å². The number of rotatable bonds is 1. The number of hydrogen-bond acceptors (Lipinski definition) is 3. The molecule has 0 fully saturated rings. The second-order valence-electron chi connectivity index (χ2n) is 4.32. The van der Waals surface area contributed by atoms with E-state index in [9.17, 15) is 9.90 Å². The van der Waals surface area contributed by atoms with Crippen molar-refractivity contribution in [3.63, 3.8) is 0 Å². The number of aromatic nitrogens is 1. The molecule has 1 aliphatic carbocycles. The van der Waals surface area contributed by atoms with Crippen molar-refractivity contribution in [2.75, 3.05) is 0 Å². The van der Waals surface area contributed by atoms with Crippen molar-refractivity contribution in [1.82, 2.24) is 4.98 Å². The van der Waals surface area contributed by atoms with Crippen molar-refractivity contribution in [2.24, 2.45) is 0 Å². The lowest BCUT2D eigenvalue weighted by molar-refractivity contribution is 0.105. The van der Waals surface area contributed by atoms with Crippen molar-refractivity contribution in [3.8, 4) is 0 Å². The molecule has 3 nitrogen and oxygen atoms in total. The van der Waals surface area contributed by atoms with Gasteiger partial charge in [0, 0.05) is 17.3 Å². The molecule has 0 saturated heterocycles. The number of aryl methyl sites for hydroxylation is 1. The molecule has 1 heterocycles. The number of benzene rings is 1. The van der Waals surface area contributed by atoms with E-state index in [0.29, 0.717) is 22.4 Å². The Labute approximate surface area is 104 Å². The lowest BCUT2D eigenvalue weighted by Crippen LogP contribution is -2.00. The van der Waals surface area contributed by atoms with Gasteiger partial charge in [0.1, 0.15) is 5.76 Å². The number of aliphatic hydroxyl groups is 1. The fourth-order valence-corrected chi connectivity index (χ4v) is 2.18. The van der Waals surface area contributed by atoms with E-state index < -0.39 is 0 Å². The van der Waals surface area contributed by atoms with Crippen LogP contribution in [0, 0.1) is 6.92 Å². The lowest BCUT2D eigenvalue weighted by Gasteiger charge is -2.02. The highest BCUT2D eigenvalue weighted by atomic mass is 16.3. The minimum Gasteiger partial charge on any atom is -0.506 e. The number of Topliss-reactive ketones (excluding diaryl/α,β-unsaturated/α-hetero) is 1. The van der Waals surface area contributed by atoms with Gasteiger partial charge in [-0.05, 0) is 24.6 Å². The van der Waals surface area contributed by atoms with Crippen LogP contribution in [-0.2, 0) is 0 Å². The van der Waals surface area contributed by atoms with Gasteiger partial charge in [-0.2, -0.15) is 0 Å². The quantitative estimate of drug-likeness (QED) is 0.829. The van der Waals surface area contributed by atoms with E-state index in [1.165, 1.54) is 0 Å². The molecule has 88 valence electrons. The summed E-state index contributed by atoms with van der Waals surface area (Å²) in [7, 11) is 0. The maximum absolute atomic E-state index is 12.3. The summed E-state index contributed by atoms with van der Waals surface area (Å²) in [5.74, 6) is -0.144. The molecule has 1 aromatic heterocycles. The number of carbonyl (C=O) groups is 1. The molecule has 0 unspecified atom stereocenters. The van der Waals surface area contributed by atoms with Gasteiger partial charge < -0.3 is 5.11 Å². The van der Waals surface area contributed by atoms with Crippen LogP contribution in [0.2, 0.25) is 0 Å². The van der Waals surface area contributed by atoms with Crippen molar-refractivity contribution in [1.29, 1.82) is 0 Å². The minimum absolute atomic E-state index is 0.0219. The monoisotopic (exact) mass is 237 g/mol. The molecule has 0 saturated carbocycles. The summed E-state index contributed by atoms with van der Waals surface area (Å²) in [6, 6.07) is 10.7. The second-order valence-corrected chi connectivity index (χ2v) is 4.32. The third kappa shape index (κ3) is 1.44. The van der Waals surface area contributed by atoms with Gasteiger partial charge in [-0.15, -0.1) is 0 Å². The molecule has 0 spiro atoms. The van der Waals surface area contributed by atoms with E-state index in [0.717, 1.165) is 5.56 Å². The molecule has 3 heteroatoms. The fraction of sp³-hybridized carbons (Fsp3) is 0.0667. The number of hydrogen-bond donors (Lipinski definition) is 1. The van der Waals surface area contributed by atoms with E-state index in [1.54, 1.807) is 36.5 Å². The maximum atomic E-state index is 12.3. The van der Waals surface area contributed by atoms with Crippen LogP contribution < -0.4 is 0 Å². The normalized spacial score (nSPS) is 13.9. The Morgan fingerprint density at radius 2 is 1.83 bits per heavy atom. The number of aliphatic hydroxyl groups excluding tert-OH is 1. The zero-order valence-corrected chi connectivity index (χ0v) is 9.84. The van der Waals surface area contributed by atoms with Gasteiger partial charge >= 0.3 is 0 Å². The predicted molar refractivity (Wildman–Crippen MR) is 69.2 cm³/mol. The molecule has 18 heavy (non-hydrogen) atoms. The summed E-state index contributed by atoms with van der Waals surface area (Å²) in [5.41, 5.74) is 2.94. The van der Waals surface area contributed by atoms with Crippen LogP contribution in [0.1, 0.15) is 27.2 Å². The van der Waals surface area contributed by atoms with E-state index >= 15 is 0 Å². The highest BCUT2D eigenvalue weighted by molar-refractivity contribution is 6.38. The molecule has 1 aliphatic rings. The summed E-state index contributed by atoms with van der Waals surface area (Å²) in [6.07, 6.45) is 1.64. The van der Waals surface area contributed by atoms with Crippen molar-refractivity contribution >= 4 is 17.1 Å². The third-order valence-corrected chi connectivity index (χ3v) is 3.06. The number of nitrogens with zero attached hydrogens (tertiary/aromatic N) is 1. The Hall–Kier alpha value is -2.42. The Morgan fingerprint density at radius 3 is 2.50 bits per heavy atom. The van der Waals surface area contributed by atoms with Gasteiger partial charge in [-0.25, -0.2) is 0 Å². The van der Waals surface area contributed by atoms with Crippen molar-refractivity contribution < 1.29 is 9.90 Å². The van der Waals surface area contributed by atoms with Crippen LogP contribution in [0.25, 0.3) is 11.3 Å². The predicted octanol–water partition coefficient (Wildman–Crippen LogP) is 3.01. The first-order chi connectivity index (χ1) is 8.68. The molecule has 2 aromatic rings. The zero-order chi connectivity index (χ0) is 12.7. The average Bonchev–Trinajstić information content (AvgIpc) is 2.63. The SMILES string of the molecule is Cc1ccnc(C2=C(O)c3ccccc3C2=O)c1. The van der Waals surface area contributed by atoms with Crippen molar-refractivity contribution in [3.05, 3.63) is 65.0 Å². The molecule has 0 aliphatic heterocycles. The van der Waals surface area contributed by atoms with Crippen LogP contribution in [0.5, 0.6) is 0 Å². The smallest absolute Gasteiger partial charge is 0.199 e. The van der Waals surface area contributed by atoms with Crippen LogP contribution in [-0.4, -0.2) is 15.9 Å². The van der Waals surface area contributed by atoms with Gasteiger partial charge in [0.05, 0.1) is 11.3 Å². The Balaban J connectivity index is 2.21. The first kappa shape index (κ1) is 10.7. The van der Waals surface area contributed by atoms with E-state index in [2.05, 4.69) is 4.98 Å². The van der Waals surface area contributed by atoms with Gasteiger partial charge in [-0.3, -0.25) is 9.78 Å².